The van der Waals surface area contributed by atoms with E-state index in [9.17, 15) is 9.59 Å². The van der Waals surface area contributed by atoms with Crippen molar-refractivity contribution in [1.82, 2.24) is 5.32 Å². The number of ether oxygens (including phenoxy) is 2. The van der Waals surface area contributed by atoms with Gasteiger partial charge in [0.25, 0.3) is 5.91 Å². The summed E-state index contributed by atoms with van der Waals surface area (Å²) in [6, 6.07) is 6.93. The van der Waals surface area contributed by atoms with Gasteiger partial charge in [-0.15, -0.1) is 0 Å². The molecule has 0 saturated heterocycles. The van der Waals surface area contributed by atoms with Crippen LogP contribution in [0.1, 0.15) is 39.2 Å². The third-order valence-corrected chi connectivity index (χ3v) is 2.93. The van der Waals surface area contributed by atoms with Gasteiger partial charge in [-0.05, 0) is 37.5 Å². The Morgan fingerprint density at radius 2 is 1.76 bits per heavy atom. The average Bonchev–Trinajstić information content (AvgIpc) is 2.45. The maximum Gasteiger partial charge on any atom is 0.328 e. The van der Waals surface area contributed by atoms with Crippen LogP contribution in [0.25, 0.3) is 0 Å². The number of amides is 1. The van der Waals surface area contributed by atoms with Crippen LogP contribution in [0.15, 0.2) is 24.3 Å². The highest BCUT2D eigenvalue weighted by Crippen LogP contribution is 2.18. The van der Waals surface area contributed by atoms with Gasteiger partial charge in [0.2, 0.25) is 0 Å². The standard InChI is InChI=1S/C16H23NO4/c1-5-20-16(19)12(4)17-15(18)10-21-14-8-6-13(7-9-14)11(2)3/h6-9,11-12H,5,10H2,1-4H3,(H,17,18). The number of carbonyl (C=O) groups is 2. The number of hydrogen-bond donors (Lipinski definition) is 1. The monoisotopic (exact) mass is 293 g/mol. The topological polar surface area (TPSA) is 64.6 Å². The van der Waals surface area contributed by atoms with Crippen LogP contribution in [0.4, 0.5) is 0 Å². The van der Waals surface area contributed by atoms with Crippen LogP contribution < -0.4 is 10.1 Å². The number of hydrogen-bond acceptors (Lipinski definition) is 4. The second-order valence-electron chi connectivity index (χ2n) is 5.05. The summed E-state index contributed by atoms with van der Waals surface area (Å²) < 4.78 is 10.2. The molecule has 1 N–H and O–H groups in total. The Labute approximate surface area is 125 Å². The SMILES string of the molecule is CCOC(=O)C(C)NC(=O)COc1ccc(C(C)C)cc1. The van der Waals surface area contributed by atoms with Gasteiger partial charge in [0.1, 0.15) is 11.8 Å². The van der Waals surface area contributed by atoms with E-state index in [1.54, 1.807) is 13.8 Å². The Hall–Kier alpha value is -2.04. The Morgan fingerprint density at radius 3 is 2.29 bits per heavy atom. The van der Waals surface area contributed by atoms with Gasteiger partial charge in [0.05, 0.1) is 6.61 Å². The summed E-state index contributed by atoms with van der Waals surface area (Å²) in [5, 5.41) is 2.53. The molecule has 0 aliphatic carbocycles. The lowest BCUT2D eigenvalue weighted by Crippen LogP contribution is -2.41. The van der Waals surface area contributed by atoms with Crippen molar-refractivity contribution < 1.29 is 19.1 Å². The van der Waals surface area contributed by atoms with Crippen molar-refractivity contribution in [1.29, 1.82) is 0 Å². The molecule has 116 valence electrons. The van der Waals surface area contributed by atoms with Crippen LogP contribution in [0.3, 0.4) is 0 Å². The van der Waals surface area contributed by atoms with Gasteiger partial charge >= 0.3 is 5.97 Å². The van der Waals surface area contributed by atoms with E-state index >= 15 is 0 Å². The minimum atomic E-state index is -0.677. The first-order chi connectivity index (χ1) is 9.93. The molecule has 0 bridgehead atoms. The molecule has 0 spiro atoms. The fourth-order valence-electron chi connectivity index (χ4n) is 1.71. The summed E-state index contributed by atoms with van der Waals surface area (Å²) in [5.74, 6) is 0.265. The van der Waals surface area contributed by atoms with Crippen molar-refractivity contribution >= 4 is 11.9 Å². The summed E-state index contributed by atoms with van der Waals surface area (Å²) in [4.78, 5) is 23.0. The zero-order chi connectivity index (χ0) is 15.8. The minimum Gasteiger partial charge on any atom is -0.484 e. The van der Waals surface area contributed by atoms with Crippen molar-refractivity contribution in [2.75, 3.05) is 13.2 Å². The Morgan fingerprint density at radius 1 is 1.14 bits per heavy atom. The summed E-state index contributed by atoms with van der Waals surface area (Å²) in [7, 11) is 0. The smallest absolute Gasteiger partial charge is 0.328 e. The molecule has 1 unspecified atom stereocenters. The summed E-state index contributed by atoms with van der Waals surface area (Å²) >= 11 is 0. The fourth-order valence-corrected chi connectivity index (χ4v) is 1.71. The predicted octanol–water partition coefficient (Wildman–Crippen LogP) is 2.26. The van der Waals surface area contributed by atoms with E-state index in [1.165, 1.54) is 5.56 Å². The van der Waals surface area contributed by atoms with Crippen LogP contribution in [-0.4, -0.2) is 31.1 Å². The quantitative estimate of drug-likeness (QED) is 0.783. The van der Waals surface area contributed by atoms with E-state index in [2.05, 4.69) is 19.2 Å². The van der Waals surface area contributed by atoms with E-state index < -0.39 is 12.0 Å². The molecule has 5 heteroatoms. The largest absolute Gasteiger partial charge is 0.484 e. The summed E-state index contributed by atoms with van der Waals surface area (Å²) in [5.41, 5.74) is 1.21. The number of esters is 1. The Bertz CT molecular complexity index is 468. The first-order valence-electron chi connectivity index (χ1n) is 7.12. The summed E-state index contributed by atoms with van der Waals surface area (Å²) in [6.07, 6.45) is 0. The molecule has 0 aliphatic rings. The number of rotatable bonds is 7. The normalized spacial score (nSPS) is 11.9. The molecule has 0 fully saturated rings. The zero-order valence-corrected chi connectivity index (χ0v) is 13.0. The Balaban J connectivity index is 2.40. The number of nitrogens with one attached hydrogen (secondary N) is 1. The number of benzene rings is 1. The molecule has 0 aromatic heterocycles. The Kier molecular flexibility index (Phi) is 6.72. The summed E-state index contributed by atoms with van der Waals surface area (Å²) in [6.45, 7) is 7.67. The van der Waals surface area contributed by atoms with Gasteiger partial charge in [-0.3, -0.25) is 4.79 Å². The fraction of sp³-hybridized carbons (Fsp3) is 0.500. The van der Waals surface area contributed by atoms with Gasteiger partial charge in [-0.1, -0.05) is 26.0 Å². The van der Waals surface area contributed by atoms with Crippen LogP contribution in [0.2, 0.25) is 0 Å². The highest BCUT2D eigenvalue weighted by Gasteiger charge is 2.16. The van der Waals surface area contributed by atoms with E-state index in [1.807, 2.05) is 24.3 Å². The molecule has 1 atom stereocenters. The van der Waals surface area contributed by atoms with Gasteiger partial charge < -0.3 is 14.8 Å². The van der Waals surface area contributed by atoms with E-state index in [-0.39, 0.29) is 19.1 Å². The second-order valence-corrected chi connectivity index (χ2v) is 5.05. The lowest BCUT2D eigenvalue weighted by Gasteiger charge is -2.13. The first-order valence-corrected chi connectivity index (χ1v) is 7.12. The van der Waals surface area contributed by atoms with E-state index in [0.29, 0.717) is 11.7 Å². The maximum atomic E-state index is 11.7. The maximum absolute atomic E-state index is 11.7. The van der Waals surface area contributed by atoms with Crippen LogP contribution >= 0.6 is 0 Å². The van der Waals surface area contributed by atoms with Crippen LogP contribution in [0, 0.1) is 0 Å². The molecule has 0 heterocycles. The van der Waals surface area contributed by atoms with Gasteiger partial charge in [0.15, 0.2) is 6.61 Å². The van der Waals surface area contributed by atoms with E-state index in [0.717, 1.165) is 0 Å². The molecule has 0 aliphatic heterocycles. The van der Waals surface area contributed by atoms with Crippen molar-refractivity contribution in [3.63, 3.8) is 0 Å². The highest BCUT2D eigenvalue weighted by atomic mass is 16.5. The molecule has 1 amide bonds. The lowest BCUT2D eigenvalue weighted by atomic mass is 10.0. The van der Waals surface area contributed by atoms with Crippen molar-refractivity contribution in [2.45, 2.75) is 39.7 Å². The molecule has 0 saturated carbocycles. The number of carbonyl (C=O) groups excluding carboxylic acids is 2. The van der Waals surface area contributed by atoms with Crippen LogP contribution in [0.5, 0.6) is 5.75 Å². The zero-order valence-electron chi connectivity index (χ0n) is 13.0. The van der Waals surface area contributed by atoms with Gasteiger partial charge in [-0.2, -0.15) is 0 Å². The third kappa shape index (κ3) is 5.85. The minimum absolute atomic E-state index is 0.134. The molecule has 1 aromatic carbocycles. The molecule has 1 aromatic rings. The third-order valence-electron chi connectivity index (χ3n) is 2.93. The highest BCUT2D eigenvalue weighted by molar-refractivity contribution is 5.84. The van der Waals surface area contributed by atoms with Crippen LogP contribution in [-0.2, 0) is 14.3 Å². The van der Waals surface area contributed by atoms with Crippen molar-refractivity contribution in [2.24, 2.45) is 0 Å². The molecular weight excluding hydrogens is 270 g/mol. The van der Waals surface area contributed by atoms with Crippen molar-refractivity contribution in [3.05, 3.63) is 29.8 Å². The molecule has 0 radical (unpaired) electrons. The van der Waals surface area contributed by atoms with Gasteiger partial charge in [0, 0.05) is 0 Å². The average molecular weight is 293 g/mol. The van der Waals surface area contributed by atoms with Gasteiger partial charge in [-0.25, -0.2) is 4.79 Å². The molecular formula is C16H23NO4. The second kappa shape index (κ2) is 8.29. The predicted molar refractivity (Wildman–Crippen MR) is 80.3 cm³/mol. The molecule has 21 heavy (non-hydrogen) atoms. The van der Waals surface area contributed by atoms with Crippen molar-refractivity contribution in [3.8, 4) is 5.75 Å². The molecule has 5 nitrogen and oxygen atoms in total. The lowest BCUT2D eigenvalue weighted by molar-refractivity contribution is -0.147. The first kappa shape index (κ1) is 17.0. The van der Waals surface area contributed by atoms with E-state index in [4.69, 9.17) is 9.47 Å². The molecule has 1 rings (SSSR count).